The highest BCUT2D eigenvalue weighted by Gasteiger charge is 2.22. The molecule has 0 fully saturated rings. The van der Waals surface area contributed by atoms with E-state index in [9.17, 15) is 0 Å². The Labute approximate surface area is 307 Å². The molecule has 0 unspecified atom stereocenters. The Morgan fingerprint density at radius 3 is 1.43 bits per heavy atom. The first-order chi connectivity index (χ1) is 26.3. The SMILES string of the molecule is c1ccc(-c2cccc(-c3ccccc3)c2-c2c3ccccc3c(-c3ccc4ccc5oc6c7ccccc7ccc6c5c4c3)c3ccccc23)cc1. The third-order valence-corrected chi connectivity index (χ3v) is 11.0. The summed E-state index contributed by atoms with van der Waals surface area (Å²) in [7, 11) is 0. The number of hydrogen-bond acceptors (Lipinski definition) is 1. The second kappa shape index (κ2) is 11.8. The van der Waals surface area contributed by atoms with E-state index in [4.69, 9.17) is 4.42 Å². The maximum atomic E-state index is 6.62. The van der Waals surface area contributed by atoms with Gasteiger partial charge in [0.25, 0.3) is 0 Å². The number of hydrogen-bond donors (Lipinski definition) is 0. The molecule has 11 rings (SSSR count). The van der Waals surface area contributed by atoms with Crippen LogP contribution in [0.25, 0.3) is 110 Å². The number of rotatable bonds is 4. The fourth-order valence-electron chi connectivity index (χ4n) is 8.72. The summed E-state index contributed by atoms with van der Waals surface area (Å²) in [5, 5.41) is 12.0. The highest BCUT2D eigenvalue weighted by atomic mass is 16.3. The zero-order valence-corrected chi connectivity index (χ0v) is 28.9. The van der Waals surface area contributed by atoms with Crippen LogP contribution in [0.5, 0.6) is 0 Å². The van der Waals surface area contributed by atoms with Crippen LogP contribution in [0.4, 0.5) is 0 Å². The van der Waals surface area contributed by atoms with Crippen molar-refractivity contribution in [1.29, 1.82) is 0 Å². The average Bonchev–Trinajstić information content (AvgIpc) is 3.63. The van der Waals surface area contributed by atoms with Gasteiger partial charge in [0.15, 0.2) is 0 Å². The van der Waals surface area contributed by atoms with E-state index >= 15 is 0 Å². The molecule has 0 aliphatic heterocycles. The number of benzene rings is 10. The first-order valence-corrected chi connectivity index (χ1v) is 18.3. The first kappa shape index (κ1) is 29.7. The molecule has 11 aromatic rings. The molecule has 0 atom stereocenters. The van der Waals surface area contributed by atoms with Crippen molar-refractivity contribution in [2.45, 2.75) is 0 Å². The van der Waals surface area contributed by atoms with Gasteiger partial charge >= 0.3 is 0 Å². The fraction of sp³-hybridized carbons (Fsp3) is 0. The lowest BCUT2D eigenvalue weighted by molar-refractivity contribution is 0.673. The van der Waals surface area contributed by atoms with Crippen LogP contribution in [0.2, 0.25) is 0 Å². The lowest BCUT2D eigenvalue weighted by Gasteiger charge is -2.22. The number of furan rings is 1. The molecule has 10 aromatic carbocycles. The summed E-state index contributed by atoms with van der Waals surface area (Å²) in [6, 6.07) is 70.6. The molecule has 0 aliphatic rings. The van der Waals surface area contributed by atoms with Gasteiger partial charge in [-0.3, -0.25) is 0 Å². The maximum absolute atomic E-state index is 6.62. The van der Waals surface area contributed by atoms with Crippen LogP contribution in [0.1, 0.15) is 0 Å². The largest absolute Gasteiger partial charge is 0.455 e. The fourth-order valence-corrected chi connectivity index (χ4v) is 8.72. The third kappa shape index (κ3) is 4.58. The second-order valence-electron chi connectivity index (χ2n) is 13.9. The smallest absolute Gasteiger partial charge is 0.143 e. The molecule has 0 saturated heterocycles. The van der Waals surface area contributed by atoms with Crippen LogP contribution in [-0.2, 0) is 0 Å². The summed E-state index contributed by atoms with van der Waals surface area (Å²) >= 11 is 0. The molecule has 246 valence electrons. The van der Waals surface area contributed by atoms with E-state index in [1.54, 1.807) is 0 Å². The van der Waals surface area contributed by atoms with Gasteiger partial charge < -0.3 is 4.42 Å². The van der Waals surface area contributed by atoms with Crippen LogP contribution in [0.15, 0.2) is 199 Å². The molecular weight excluding hydrogens is 641 g/mol. The minimum absolute atomic E-state index is 0.914. The summed E-state index contributed by atoms with van der Waals surface area (Å²) in [6.07, 6.45) is 0. The summed E-state index contributed by atoms with van der Waals surface area (Å²) in [4.78, 5) is 0. The molecule has 0 radical (unpaired) electrons. The van der Waals surface area contributed by atoms with E-state index in [-0.39, 0.29) is 0 Å². The van der Waals surface area contributed by atoms with E-state index in [0.717, 1.165) is 21.9 Å². The lowest BCUT2D eigenvalue weighted by atomic mass is 9.81. The minimum atomic E-state index is 0.914. The molecule has 1 nitrogen and oxygen atoms in total. The standard InChI is InChI=1S/C52H32O/c1-3-14-33(15-4-1)38-24-13-25-39(34-16-5-2-6-17-34)50(38)51-43-22-11-9-20-41(43)48(42-21-10-12-23-44(42)51)37-27-26-36-29-31-47-49(46(36)32-37)45-30-28-35-18-7-8-19-40(35)52(45)53-47/h1-32H. The summed E-state index contributed by atoms with van der Waals surface area (Å²) < 4.78 is 6.62. The molecule has 0 spiro atoms. The highest BCUT2D eigenvalue weighted by Crippen LogP contribution is 2.50. The zero-order chi connectivity index (χ0) is 34.9. The van der Waals surface area contributed by atoms with Crippen molar-refractivity contribution in [3.8, 4) is 44.5 Å². The molecule has 0 saturated carbocycles. The van der Waals surface area contributed by atoms with Crippen LogP contribution in [-0.4, -0.2) is 0 Å². The van der Waals surface area contributed by atoms with Gasteiger partial charge in [-0.15, -0.1) is 0 Å². The van der Waals surface area contributed by atoms with Crippen LogP contribution in [0, 0.1) is 0 Å². The lowest BCUT2D eigenvalue weighted by Crippen LogP contribution is -1.95. The van der Waals surface area contributed by atoms with Gasteiger partial charge in [-0.05, 0) is 100 Å². The minimum Gasteiger partial charge on any atom is -0.455 e. The van der Waals surface area contributed by atoms with Crippen molar-refractivity contribution in [3.05, 3.63) is 194 Å². The predicted molar refractivity (Wildman–Crippen MR) is 225 cm³/mol. The third-order valence-electron chi connectivity index (χ3n) is 11.0. The van der Waals surface area contributed by atoms with E-state index in [1.807, 2.05) is 0 Å². The van der Waals surface area contributed by atoms with Gasteiger partial charge in [-0.1, -0.05) is 176 Å². The first-order valence-electron chi connectivity index (χ1n) is 18.3. The van der Waals surface area contributed by atoms with Crippen molar-refractivity contribution in [1.82, 2.24) is 0 Å². The summed E-state index contributed by atoms with van der Waals surface area (Å²) in [6.45, 7) is 0. The van der Waals surface area contributed by atoms with Crippen molar-refractivity contribution < 1.29 is 4.42 Å². The van der Waals surface area contributed by atoms with Gasteiger partial charge in [0.1, 0.15) is 11.2 Å². The van der Waals surface area contributed by atoms with Gasteiger partial charge in [-0.25, -0.2) is 0 Å². The molecule has 0 aliphatic carbocycles. The number of fused-ring (bicyclic) bond motifs is 9. The highest BCUT2D eigenvalue weighted by molar-refractivity contribution is 6.26. The molecule has 53 heavy (non-hydrogen) atoms. The van der Waals surface area contributed by atoms with Crippen molar-refractivity contribution in [2.24, 2.45) is 0 Å². The van der Waals surface area contributed by atoms with Gasteiger partial charge in [0.2, 0.25) is 0 Å². The van der Waals surface area contributed by atoms with Crippen molar-refractivity contribution in [2.75, 3.05) is 0 Å². The van der Waals surface area contributed by atoms with E-state index < -0.39 is 0 Å². The van der Waals surface area contributed by atoms with Crippen LogP contribution >= 0.6 is 0 Å². The van der Waals surface area contributed by atoms with E-state index in [2.05, 4.69) is 194 Å². The Morgan fingerprint density at radius 1 is 0.283 bits per heavy atom. The van der Waals surface area contributed by atoms with Crippen molar-refractivity contribution in [3.63, 3.8) is 0 Å². The van der Waals surface area contributed by atoms with Crippen LogP contribution in [0.3, 0.4) is 0 Å². The monoisotopic (exact) mass is 672 g/mol. The van der Waals surface area contributed by atoms with Crippen LogP contribution < -0.4 is 0 Å². The predicted octanol–water partition coefficient (Wildman–Crippen LogP) is 14.9. The topological polar surface area (TPSA) is 13.1 Å². The van der Waals surface area contributed by atoms with E-state index in [0.29, 0.717) is 0 Å². The Balaban J connectivity index is 1.24. The van der Waals surface area contributed by atoms with E-state index in [1.165, 1.54) is 87.6 Å². The molecule has 0 amide bonds. The normalized spacial score (nSPS) is 11.8. The van der Waals surface area contributed by atoms with Gasteiger partial charge in [0.05, 0.1) is 0 Å². The molecular formula is C52H32O. The Bertz CT molecular complexity index is 3090. The summed E-state index contributed by atoms with van der Waals surface area (Å²) in [5.74, 6) is 0. The summed E-state index contributed by atoms with van der Waals surface area (Å²) in [5.41, 5.74) is 11.7. The van der Waals surface area contributed by atoms with Gasteiger partial charge in [-0.2, -0.15) is 0 Å². The maximum Gasteiger partial charge on any atom is 0.143 e. The molecule has 1 aromatic heterocycles. The van der Waals surface area contributed by atoms with Crippen molar-refractivity contribution >= 4 is 65.0 Å². The second-order valence-corrected chi connectivity index (χ2v) is 13.9. The average molecular weight is 673 g/mol. The molecule has 0 N–H and O–H groups in total. The Kier molecular flexibility index (Phi) is 6.62. The molecule has 1 heterocycles. The zero-order valence-electron chi connectivity index (χ0n) is 28.9. The van der Waals surface area contributed by atoms with Gasteiger partial charge in [0, 0.05) is 16.2 Å². The Hall–Kier alpha value is -6.96. The Morgan fingerprint density at radius 2 is 0.792 bits per heavy atom. The quantitative estimate of drug-likeness (QED) is 0.170. The molecule has 1 heteroatoms. The molecule has 0 bridgehead atoms.